The Bertz CT molecular complexity index is 3890. The van der Waals surface area contributed by atoms with Crippen molar-refractivity contribution < 1.29 is 227 Å². The molecule has 5 aliphatic carbocycles. The van der Waals surface area contributed by atoms with Crippen molar-refractivity contribution in [1.29, 1.82) is 0 Å². The van der Waals surface area contributed by atoms with Gasteiger partial charge in [-0.15, -0.1) is 0 Å². The van der Waals surface area contributed by atoms with Crippen LogP contribution in [0.5, 0.6) is 0 Å². The van der Waals surface area contributed by atoms with Gasteiger partial charge in [0.25, 0.3) is 0 Å². The maximum Gasteiger partial charge on any atom is 0.335 e. The monoisotopic (exact) mass is 1860 g/mol. The van der Waals surface area contributed by atoms with E-state index in [9.17, 15) is 132 Å². The Kier molecular flexibility index (Phi) is 30.2. The lowest BCUT2D eigenvalue weighted by molar-refractivity contribution is -0.404. The summed E-state index contributed by atoms with van der Waals surface area (Å²) in [5.41, 5.74) is -8.00. The van der Waals surface area contributed by atoms with E-state index in [1.165, 1.54) is 20.8 Å². The van der Waals surface area contributed by atoms with E-state index in [4.69, 9.17) is 90.0 Å². The van der Waals surface area contributed by atoms with E-state index in [1.54, 1.807) is 6.92 Å². The van der Waals surface area contributed by atoms with Crippen LogP contribution in [0.1, 0.15) is 127 Å². The van der Waals surface area contributed by atoms with Gasteiger partial charge in [0.1, 0.15) is 170 Å². The molecular weight excluding hydrogens is 1730 g/mol. The second-order valence-corrected chi connectivity index (χ2v) is 39.4. The number of hydrogen-bond donors (Lipinski definition) is 23. The molecule has 9 aliphatic heterocycles. The minimum atomic E-state index is -2.36. The van der Waals surface area contributed by atoms with Gasteiger partial charge in [0.05, 0.1) is 75.6 Å². The molecule has 0 aromatic carbocycles. The third-order valence-corrected chi connectivity index (χ3v) is 31.0. The number of carbonyl (C=O) groups is 4. The van der Waals surface area contributed by atoms with Gasteiger partial charge in [-0.3, -0.25) is 9.59 Å². The lowest BCUT2D eigenvalue weighted by Gasteiger charge is -2.71. The normalized spacial score (nSPS) is 54.1. The van der Waals surface area contributed by atoms with Crippen LogP contribution >= 0.6 is 0 Å². The standard InChI is InChI=1S/C83H130O46/c1-28-42(92)46(96)50(100)69(114-28)126-62-57(117-31(4)88)30(3)116-73(64(62)128-72-55(105)60(124-70-51(101)47(97)44(94)36(21-84)118-70)56(29(2)115-72)121-68-54(104)58(35(90)24-112-68)122-75-65(106)82(110,26-87)27-113-75)129-76(109)83-18-17-77(5,6)19-33(83)32-11-12-39-78(7)15-14-41(79(8,25-86)38(78)13-16-80(39,9)81(32,10)20-40(83)91)120-74-63(127-71-52(102)48(98)45(95)37(22-85)119-71)59(53(103)61(125-74)66(107)108)123-67-49(99)43(93)34(89)23-111-67/h11,25,28-30,33-65,67-75,84-85,87,89-106,110H,12-24,26-27H2,1-10H3,(H,107,108)/t28-,29-,30+,33-,34+,35+,36+,37+,38+,39+,40+,41-,42-,43-,44+,45-,46+,47-,48-,49+,50+,51+,52+,53-,54+,55+,56-,57-,58-,59-,60-,61-,62-,63+,64+,65+,67-,68-,69-,70-,71-,72-,73-,74+,75+,78-,79-,80+,81+,82-,83+/m0/s1. The summed E-state index contributed by atoms with van der Waals surface area (Å²) in [5.74, 6) is -5.60. The average molecular weight is 1860 g/mol. The van der Waals surface area contributed by atoms with Gasteiger partial charge in [-0.2, -0.15) is 0 Å². The van der Waals surface area contributed by atoms with Gasteiger partial charge >= 0.3 is 17.9 Å². The lowest BCUT2D eigenvalue weighted by Crippen LogP contribution is -2.70. The molecule has 46 nitrogen and oxygen atoms in total. The third kappa shape index (κ3) is 18.0. The molecule has 13 fully saturated rings. The zero-order valence-corrected chi connectivity index (χ0v) is 72.9. The average Bonchev–Trinajstić information content (AvgIpc) is 1.14. The van der Waals surface area contributed by atoms with E-state index in [1.807, 2.05) is 20.8 Å². The molecule has 9 saturated heterocycles. The van der Waals surface area contributed by atoms with Gasteiger partial charge in [0.15, 0.2) is 68.6 Å². The molecule has 4 saturated carbocycles. The SMILES string of the molecule is CC(=O)O[C@@H]1[C@H](O[C@@H]2O[C@@H](C)[C@H](O)[C@@H](O)[C@H]2O)[C@@H](O[C@@H]2O[C@@H](C)[C@H](O[C@@H]3OC[C@@H](O)[C@H](O[C@H]4OC[C@@](O)(CO)[C@@H]4O)[C@H]3O)[C@@H](O[C@@H]3O[C@H](CO)[C@@H](O)[C@H](O)[C@H]3O)[C@H]2O)[C@H](OC(=O)[C@]23CCC(C)(C)C[C@H]2C2=CC[C@@H]4[C@@]5(C)CC[C@H](O[C@@H]6O[C@H](C(=O)O)[C@@H](O)[C@H](O[C@@H]7OC[C@@H](O)[C@H](O)[C@H]7O)[C@H]6O[C@@H]6O[C@H](CO)[C@H](O)[C@H](O)[C@H]6O)[C@@](C)(C=O)[C@@H]5CC[C@@]4(C)[C@]2(C)C[C@H]3O)O[C@@H]1C. The zero-order valence-electron chi connectivity index (χ0n) is 72.9. The van der Waals surface area contributed by atoms with Crippen molar-refractivity contribution >= 4 is 24.2 Å². The van der Waals surface area contributed by atoms with Gasteiger partial charge < -0.3 is 212 Å². The summed E-state index contributed by atoms with van der Waals surface area (Å²) >= 11 is 0. The van der Waals surface area contributed by atoms with Crippen LogP contribution in [-0.4, -0.2) is 445 Å². The van der Waals surface area contributed by atoms with Gasteiger partial charge in [0.2, 0.25) is 6.29 Å². The molecule has 51 atom stereocenters. The third-order valence-electron chi connectivity index (χ3n) is 31.0. The predicted molar refractivity (Wildman–Crippen MR) is 416 cm³/mol. The molecule has 23 N–H and O–H groups in total. The molecule has 0 amide bonds. The zero-order chi connectivity index (χ0) is 94.2. The van der Waals surface area contributed by atoms with Crippen LogP contribution < -0.4 is 0 Å². The highest BCUT2D eigenvalue weighted by Crippen LogP contribution is 2.76. The molecule has 9 heterocycles. The van der Waals surface area contributed by atoms with Gasteiger partial charge in [0, 0.05) is 6.92 Å². The molecule has 129 heavy (non-hydrogen) atoms. The Morgan fingerprint density at radius 1 is 0.457 bits per heavy atom. The summed E-state index contributed by atoms with van der Waals surface area (Å²) in [6.07, 6.45) is -75.7. The first-order valence-corrected chi connectivity index (χ1v) is 44.1. The van der Waals surface area contributed by atoms with Crippen molar-refractivity contribution in [2.75, 3.05) is 39.6 Å². The number of rotatable bonds is 24. The van der Waals surface area contributed by atoms with E-state index in [2.05, 4.69) is 19.9 Å². The largest absolute Gasteiger partial charge is 0.479 e. The van der Waals surface area contributed by atoms with Crippen LogP contribution in [0.3, 0.4) is 0 Å². The number of aldehydes is 1. The maximum absolute atomic E-state index is 16.7. The Balaban J connectivity index is 0.780. The van der Waals surface area contributed by atoms with E-state index >= 15 is 4.79 Å². The Morgan fingerprint density at radius 2 is 0.961 bits per heavy atom. The van der Waals surface area contributed by atoms with Gasteiger partial charge in [-0.25, -0.2) is 4.79 Å². The molecular formula is C83H130O46. The van der Waals surface area contributed by atoms with Crippen LogP contribution in [-0.2, 0) is 109 Å². The van der Waals surface area contributed by atoms with Crippen molar-refractivity contribution in [1.82, 2.24) is 0 Å². The molecule has 0 aromatic heterocycles. The Labute approximate surface area is 740 Å². The summed E-state index contributed by atoms with van der Waals surface area (Å²) in [6.45, 7) is 12.1. The van der Waals surface area contributed by atoms with Gasteiger partial charge in [-0.1, -0.05) is 53.2 Å². The fraction of sp³-hybridized carbons (Fsp3) is 0.928. The number of carbonyl (C=O) groups excluding carboxylic acids is 3. The van der Waals surface area contributed by atoms with E-state index < -0.39 is 366 Å². The van der Waals surface area contributed by atoms with Gasteiger partial charge in [-0.05, 0) is 118 Å². The molecule has 0 radical (unpaired) electrons. The summed E-state index contributed by atoms with van der Waals surface area (Å²) in [6, 6.07) is 0. The summed E-state index contributed by atoms with van der Waals surface area (Å²) in [7, 11) is 0. The minimum Gasteiger partial charge on any atom is -0.479 e. The smallest absolute Gasteiger partial charge is 0.335 e. The second kappa shape index (κ2) is 38.6. The first-order valence-electron chi connectivity index (χ1n) is 44.1. The first kappa shape index (κ1) is 101. The summed E-state index contributed by atoms with van der Waals surface area (Å²) in [5, 5.41) is 257. The number of esters is 2. The topological polar surface area (TPSA) is 709 Å². The highest BCUT2D eigenvalue weighted by Gasteiger charge is 2.74. The Morgan fingerprint density at radius 3 is 1.55 bits per heavy atom. The molecule has 0 aromatic rings. The van der Waals surface area contributed by atoms with E-state index in [0.29, 0.717) is 19.3 Å². The number of allylic oxidation sites excluding steroid dienone is 2. The summed E-state index contributed by atoms with van der Waals surface area (Å²) in [4.78, 5) is 57.7. The molecule has 14 aliphatic rings. The van der Waals surface area contributed by atoms with Crippen molar-refractivity contribution in [2.45, 2.75) is 391 Å². The molecule has 14 rings (SSSR count). The van der Waals surface area contributed by atoms with Crippen molar-refractivity contribution in [3.63, 3.8) is 0 Å². The second-order valence-electron chi connectivity index (χ2n) is 39.4. The molecule has 46 heteroatoms. The summed E-state index contributed by atoms with van der Waals surface area (Å²) < 4.78 is 117. The number of carboxylic acid groups (broad SMARTS) is 1. The first-order chi connectivity index (χ1) is 60.5. The van der Waals surface area contributed by atoms with Crippen LogP contribution in [0, 0.1) is 50.2 Å². The number of ether oxygens (including phenoxy) is 19. The van der Waals surface area contributed by atoms with Crippen LogP contribution in [0.2, 0.25) is 0 Å². The fourth-order valence-corrected chi connectivity index (χ4v) is 23.2. The van der Waals surface area contributed by atoms with E-state index in [0.717, 1.165) is 18.8 Å². The van der Waals surface area contributed by atoms with Crippen LogP contribution in [0.15, 0.2) is 11.6 Å². The number of aliphatic carboxylic acids is 1. The van der Waals surface area contributed by atoms with Crippen LogP contribution in [0.4, 0.5) is 0 Å². The van der Waals surface area contributed by atoms with E-state index in [-0.39, 0.29) is 44.4 Å². The molecule has 0 unspecified atom stereocenters. The highest BCUT2D eigenvalue weighted by atomic mass is 16.8. The number of hydrogen-bond acceptors (Lipinski definition) is 45. The highest BCUT2D eigenvalue weighted by molar-refractivity contribution is 5.80. The predicted octanol–water partition coefficient (Wildman–Crippen LogP) is -9.10. The quantitative estimate of drug-likeness (QED) is 0.0185. The lowest BCUT2D eigenvalue weighted by atomic mass is 9.33. The van der Waals surface area contributed by atoms with Crippen molar-refractivity contribution in [3.05, 3.63) is 11.6 Å². The van der Waals surface area contributed by atoms with Crippen molar-refractivity contribution in [3.8, 4) is 0 Å². The molecule has 738 valence electrons. The molecule has 0 spiro atoms. The number of aliphatic hydroxyl groups is 22. The number of fused-ring (bicyclic) bond motifs is 7. The molecule has 0 bridgehead atoms. The number of aliphatic hydroxyl groups excluding tert-OH is 21. The van der Waals surface area contributed by atoms with Crippen molar-refractivity contribution in [2.24, 2.45) is 50.2 Å². The fourth-order valence-electron chi connectivity index (χ4n) is 23.2. The Hall–Kier alpha value is -3.74. The number of carboxylic acids is 1. The van der Waals surface area contributed by atoms with Crippen LogP contribution in [0.25, 0.3) is 0 Å². The minimum absolute atomic E-state index is 0.0230. The maximum atomic E-state index is 16.7.